The number of aromatic nitrogens is 2. The van der Waals surface area contributed by atoms with Crippen molar-refractivity contribution in [3.05, 3.63) is 23.2 Å². The van der Waals surface area contributed by atoms with E-state index in [4.69, 9.17) is 11.6 Å². The lowest BCUT2D eigenvalue weighted by atomic mass is 9.87. The minimum Gasteiger partial charge on any atom is -0.337 e. The second kappa shape index (κ2) is 4.96. The molecule has 1 aromatic heterocycles. The van der Waals surface area contributed by atoms with Crippen LogP contribution >= 0.6 is 11.6 Å². The SMILES string of the molecule is O=C1NC(=O)C2(CCN(C(=O)c3cncc(Cl)n3)CC2)N1. The summed E-state index contributed by atoms with van der Waals surface area (Å²) >= 11 is 5.72. The second-order valence-corrected chi connectivity index (χ2v) is 5.40. The number of halogens is 1. The molecule has 2 aliphatic heterocycles. The molecule has 9 heteroatoms. The van der Waals surface area contributed by atoms with E-state index < -0.39 is 11.6 Å². The molecule has 1 aromatic rings. The lowest BCUT2D eigenvalue weighted by Gasteiger charge is -2.36. The summed E-state index contributed by atoms with van der Waals surface area (Å²) in [6.45, 7) is 0.696. The zero-order valence-electron chi connectivity index (χ0n) is 10.9. The smallest absolute Gasteiger partial charge is 0.322 e. The van der Waals surface area contributed by atoms with Crippen LogP contribution in [0.3, 0.4) is 0 Å². The van der Waals surface area contributed by atoms with Crippen LogP contribution in [0.4, 0.5) is 4.79 Å². The molecule has 0 bridgehead atoms. The van der Waals surface area contributed by atoms with Crippen LogP contribution in [-0.4, -0.2) is 51.3 Å². The standard InChI is InChI=1S/C12H12ClN5O3/c13-8-6-14-5-7(15-8)9(19)18-3-1-12(2-4-18)10(20)16-11(21)17-12/h5-6H,1-4H2,(H2,16,17,20,21). The van der Waals surface area contributed by atoms with Gasteiger partial charge in [-0.15, -0.1) is 0 Å². The Hall–Kier alpha value is -2.22. The highest BCUT2D eigenvalue weighted by molar-refractivity contribution is 6.29. The minimum atomic E-state index is -0.895. The van der Waals surface area contributed by atoms with E-state index >= 15 is 0 Å². The van der Waals surface area contributed by atoms with Gasteiger partial charge in [0.05, 0.1) is 12.4 Å². The number of amides is 4. The van der Waals surface area contributed by atoms with Crippen molar-refractivity contribution in [2.75, 3.05) is 13.1 Å². The molecule has 0 atom stereocenters. The topological polar surface area (TPSA) is 104 Å². The van der Waals surface area contributed by atoms with Crippen molar-refractivity contribution >= 4 is 29.4 Å². The van der Waals surface area contributed by atoms with E-state index in [1.54, 1.807) is 4.90 Å². The van der Waals surface area contributed by atoms with E-state index in [1.807, 2.05) is 0 Å². The highest BCUT2D eigenvalue weighted by Gasteiger charge is 2.48. The maximum atomic E-state index is 12.3. The van der Waals surface area contributed by atoms with E-state index in [0.717, 1.165) is 0 Å². The number of likely N-dealkylation sites (tertiary alicyclic amines) is 1. The van der Waals surface area contributed by atoms with Gasteiger partial charge in [0.1, 0.15) is 16.4 Å². The third kappa shape index (κ3) is 2.42. The molecule has 2 saturated heterocycles. The first-order valence-corrected chi connectivity index (χ1v) is 6.78. The van der Waals surface area contributed by atoms with Gasteiger partial charge in [-0.3, -0.25) is 19.9 Å². The number of piperidine rings is 1. The zero-order valence-corrected chi connectivity index (χ0v) is 11.7. The summed E-state index contributed by atoms with van der Waals surface area (Å²) < 4.78 is 0. The summed E-state index contributed by atoms with van der Waals surface area (Å²) in [4.78, 5) is 44.7. The van der Waals surface area contributed by atoms with E-state index in [-0.39, 0.29) is 22.7 Å². The Kier molecular flexibility index (Phi) is 3.25. The van der Waals surface area contributed by atoms with Gasteiger partial charge in [0, 0.05) is 13.1 Å². The van der Waals surface area contributed by atoms with Crippen LogP contribution in [0.25, 0.3) is 0 Å². The van der Waals surface area contributed by atoms with E-state index in [1.165, 1.54) is 12.4 Å². The summed E-state index contributed by atoms with van der Waals surface area (Å²) in [6, 6.07) is -0.486. The molecule has 0 aromatic carbocycles. The van der Waals surface area contributed by atoms with Crippen molar-refractivity contribution < 1.29 is 14.4 Å². The van der Waals surface area contributed by atoms with Crippen molar-refractivity contribution in [3.63, 3.8) is 0 Å². The van der Waals surface area contributed by atoms with Gasteiger partial charge >= 0.3 is 6.03 Å². The van der Waals surface area contributed by atoms with Gasteiger partial charge < -0.3 is 10.2 Å². The van der Waals surface area contributed by atoms with Crippen LogP contribution in [0.1, 0.15) is 23.3 Å². The number of hydrogen-bond donors (Lipinski definition) is 2. The largest absolute Gasteiger partial charge is 0.337 e. The fourth-order valence-corrected chi connectivity index (χ4v) is 2.73. The van der Waals surface area contributed by atoms with Gasteiger partial charge in [0.2, 0.25) is 0 Å². The zero-order chi connectivity index (χ0) is 15.0. The number of nitrogens with zero attached hydrogens (tertiary/aromatic N) is 3. The van der Waals surface area contributed by atoms with E-state index in [9.17, 15) is 14.4 Å². The van der Waals surface area contributed by atoms with Crippen molar-refractivity contribution in [2.24, 2.45) is 0 Å². The molecule has 2 aliphatic rings. The summed E-state index contributed by atoms with van der Waals surface area (Å²) in [5.74, 6) is -0.619. The van der Waals surface area contributed by atoms with Gasteiger partial charge in [-0.25, -0.2) is 9.78 Å². The molecule has 0 radical (unpaired) electrons. The van der Waals surface area contributed by atoms with Crippen LogP contribution in [0.15, 0.2) is 12.4 Å². The fraction of sp³-hybridized carbons (Fsp3) is 0.417. The van der Waals surface area contributed by atoms with Crippen LogP contribution in [0.2, 0.25) is 5.15 Å². The first kappa shape index (κ1) is 13.7. The molecule has 3 rings (SSSR count). The van der Waals surface area contributed by atoms with Gasteiger partial charge in [0.25, 0.3) is 11.8 Å². The Bertz CT molecular complexity index is 627. The molecular formula is C12H12ClN5O3. The van der Waals surface area contributed by atoms with Crippen LogP contribution < -0.4 is 10.6 Å². The molecule has 1 spiro atoms. The average Bonchev–Trinajstić information content (AvgIpc) is 2.73. The Morgan fingerprint density at radius 2 is 2.00 bits per heavy atom. The maximum absolute atomic E-state index is 12.3. The van der Waals surface area contributed by atoms with Gasteiger partial charge in [-0.2, -0.15) is 0 Å². The number of carbonyl (C=O) groups excluding carboxylic acids is 3. The summed E-state index contributed by atoms with van der Waals surface area (Å²) in [5, 5.41) is 5.02. The maximum Gasteiger partial charge on any atom is 0.322 e. The quantitative estimate of drug-likeness (QED) is 0.707. The number of imide groups is 1. The molecule has 0 aliphatic carbocycles. The Morgan fingerprint density at radius 1 is 1.29 bits per heavy atom. The fourth-order valence-electron chi connectivity index (χ4n) is 2.58. The number of carbonyl (C=O) groups is 3. The van der Waals surface area contributed by atoms with E-state index in [2.05, 4.69) is 20.6 Å². The normalized spacial score (nSPS) is 20.3. The number of urea groups is 1. The Morgan fingerprint density at radius 3 is 2.57 bits per heavy atom. The highest BCUT2D eigenvalue weighted by atomic mass is 35.5. The Balaban J connectivity index is 1.70. The van der Waals surface area contributed by atoms with Gasteiger partial charge in [0.15, 0.2) is 0 Å². The molecule has 3 heterocycles. The third-order valence-electron chi connectivity index (χ3n) is 3.74. The van der Waals surface area contributed by atoms with E-state index in [0.29, 0.717) is 25.9 Å². The first-order chi connectivity index (χ1) is 10.00. The lowest BCUT2D eigenvalue weighted by Crippen LogP contribution is -2.55. The molecule has 21 heavy (non-hydrogen) atoms. The molecule has 0 unspecified atom stereocenters. The average molecular weight is 310 g/mol. The summed E-state index contributed by atoms with van der Waals surface area (Å²) in [6.07, 6.45) is 3.43. The highest BCUT2D eigenvalue weighted by Crippen LogP contribution is 2.26. The van der Waals surface area contributed by atoms with Gasteiger partial charge in [-0.1, -0.05) is 11.6 Å². The molecule has 2 N–H and O–H groups in total. The molecule has 8 nitrogen and oxygen atoms in total. The molecule has 0 saturated carbocycles. The number of nitrogens with one attached hydrogen (secondary N) is 2. The molecule has 2 fully saturated rings. The van der Waals surface area contributed by atoms with Crippen molar-refractivity contribution in [2.45, 2.75) is 18.4 Å². The number of rotatable bonds is 1. The first-order valence-electron chi connectivity index (χ1n) is 6.41. The monoisotopic (exact) mass is 309 g/mol. The lowest BCUT2D eigenvalue weighted by molar-refractivity contribution is -0.125. The predicted octanol–water partition coefficient (Wildman–Crippen LogP) is -0.0558. The van der Waals surface area contributed by atoms with Crippen molar-refractivity contribution in [3.8, 4) is 0 Å². The molecule has 110 valence electrons. The van der Waals surface area contributed by atoms with Crippen molar-refractivity contribution in [1.82, 2.24) is 25.5 Å². The number of hydrogen-bond acceptors (Lipinski definition) is 5. The molecular weight excluding hydrogens is 298 g/mol. The van der Waals surface area contributed by atoms with Crippen LogP contribution in [0, 0.1) is 0 Å². The minimum absolute atomic E-state index is 0.150. The van der Waals surface area contributed by atoms with Gasteiger partial charge in [-0.05, 0) is 12.8 Å². The van der Waals surface area contributed by atoms with Crippen LogP contribution in [0.5, 0.6) is 0 Å². The Labute approximate surface area is 124 Å². The van der Waals surface area contributed by atoms with Crippen molar-refractivity contribution in [1.29, 1.82) is 0 Å². The third-order valence-corrected chi connectivity index (χ3v) is 3.93. The van der Waals surface area contributed by atoms with Crippen LogP contribution in [-0.2, 0) is 4.79 Å². The summed E-state index contributed by atoms with van der Waals surface area (Å²) in [5.41, 5.74) is -0.730. The second-order valence-electron chi connectivity index (χ2n) is 5.01. The predicted molar refractivity (Wildman–Crippen MR) is 71.6 cm³/mol. The molecule has 4 amide bonds. The summed E-state index contributed by atoms with van der Waals surface area (Å²) in [7, 11) is 0.